The van der Waals surface area contributed by atoms with Crippen molar-refractivity contribution >= 4 is 11.6 Å². The maximum absolute atomic E-state index is 12.5. The zero-order chi connectivity index (χ0) is 10.1. The molecule has 2 heterocycles. The van der Waals surface area contributed by atoms with Gasteiger partial charge >= 0.3 is 0 Å². The van der Waals surface area contributed by atoms with E-state index in [0.717, 1.165) is 5.82 Å². The van der Waals surface area contributed by atoms with Gasteiger partial charge in [-0.25, -0.2) is 9.37 Å². The Bertz CT molecular complexity index is 344. The molecule has 2 rings (SSSR count). The van der Waals surface area contributed by atoms with Crippen LogP contribution in [0.5, 0.6) is 0 Å². The molecule has 0 radical (unpaired) electrons. The first-order valence-electron chi connectivity index (χ1n) is 4.54. The lowest BCUT2D eigenvalue weighted by molar-refractivity contribution is -0.121. The van der Waals surface area contributed by atoms with Gasteiger partial charge in [-0.2, -0.15) is 0 Å². The Labute approximate surface area is 81.6 Å². The number of Topliss-reactive ketones (excluding diaryl/α,β-unsaturated/α-hetero) is 1. The first-order valence-corrected chi connectivity index (χ1v) is 4.54. The summed E-state index contributed by atoms with van der Waals surface area (Å²) in [5.41, 5.74) is 0. The Balaban J connectivity index is 2.00. The number of ketones is 1. The summed E-state index contributed by atoms with van der Waals surface area (Å²) in [7, 11) is 0. The van der Waals surface area contributed by atoms with Gasteiger partial charge in [0.15, 0.2) is 0 Å². The molecule has 1 saturated heterocycles. The number of aromatic nitrogens is 1. The number of rotatable bonds is 2. The number of nitrogens with zero attached hydrogens (tertiary/aromatic N) is 2. The summed E-state index contributed by atoms with van der Waals surface area (Å²) in [4.78, 5) is 16.8. The van der Waals surface area contributed by atoms with Crippen LogP contribution in [0.25, 0.3) is 0 Å². The highest BCUT2D eigenvalue weighted by atomic mass is 19.1. The average molecular weight is 194 g/mol. The Morgan fingerprint density at radius 1 is 1.57 bits per heavy atom. The van der Waals surface area contributed by atoms with Crippen LogP contribution in [0.4, 0.5) is 10.2 Å². The Hall–Kier alpha value is -1.45. The van der Waals surface area contributed by atoms with Crippen LogP contribution in [-0.4, -0.2) is 23.9 Å². The highest BCUT2D eigenvalue weighted by Crippen LogP contribution is 2.22. The molecule has 1 aromatic heterocycles. The molecule has 14 heavy (non-hydrogen) atoms. The molecule has 0 aliphatic carbocycles. The van der Waals surface area contributed by atoms with Gasteiger partial charge in [0.25, 0.3) is 0 Å². The molecule has 0 spiro atoms. The van der Waals surface area contributed by atoms with Crippen molar-refractivity contribution in [3.05, 3.63) is 24.1 Å². The number of hydrogen-bond donors (Lipinski definition) is 0. The standard InChI is InChI=1S/C10H11FN2O/c1-7(14)8-5-13(6-8)10-3-2-9(11)4-12-10/h2-4,8H,5-6H2,1H3. The maximum Gasteiger partial charge on any atom is 0.141 e. The van der Waals surface area contributed by atoms with Crippen LogP contribution in [-0.2, 0) is 4.79 Å². The van der Waals surface area contributed by atoms with Crippen LogP contribution in [0.3, 0.4) is 0 Å². The van der Waals surface area contributed by atoms with Gasteiger partial charge in [-0.1, -0.05) is 0 Å². The molecule has 0 saturated carbocycles. The fraction of sp³-hybridized carbons (Fsp3) is 0.400. The van der Waals surface area contributed by atoms with Gasteiger partial charge in [-0.05, 0) is 19.1 Å². The van der Waals surface area contributed by atoms with Gasteiger partial charge in [0.2, 0.25) is 0 Å². The van der Waals surface area contributed by atoms with Crippen molar-refractivity contribution in [1.82, 2.24) is 4.98 Å². The van der Waals surface area contributed by atoms with E-state index in [1.807, 2.05) is 4.90 Å². The van der Waals surface area contributed by atoms with Gasteiger partial charge in [-0.15, -0.1) is 0 Å². The molecule has 1 aromatic rings. The first-order chi connectivity index (χ1) is 6.66. The van der Waals surface area contributed by atoms with Crippen molar-refractivity contribution in [1.29, 1.82) is 0 Å². The summed E-state index contributed by atoms with van der Waals surface area (Å²) in [6.07, 6.45) is 1.19. The summed E-state index contributed by atoms with van der Waals surface area (Å²) in [6.45, 7) is 3.00. The van der Waals surface area contributed by atoms with E-state index >= 15 is 0 Å². The third kappa shape index (κ3) is 1.60. The molecule has 74 valence electrons. The molecule has 1 aliphatic heterocycles. The quantitative estimate of drug-likeness (QED) is 0.710. The van der Waals surface area contributed by atoms with E-state index in [1.165, 1.54) is 12.3 Å². The van der Waals surface area contributed by atoms with E-state index in [-0.39, 0.29) is 17.5 Å². The predicted octanol–water partition coefficient (Wildman–Crippen LogP) is 1.25. The topological polar surface area (TPSA) is 33.2 Å². The highest BCUT2D eigenvalue weighted by Gasteiger charge is 2.30. The number of anilines is 1. The van der Waals surface area contributed by atoms with Crippen molar-refractivity contribution < 1.29 is 9.18 Å². The largest absolute Gasteiger partial charge is 0.355 e. The molecule has 4 heteroatoms. The maximum atomic E-state index is 12.5. The molecular weight excluding hydrogens is 183 g/mol. The molecule has 0 aromatic carbocycles. The van der Waals surface area contributed by atoms with Gasteiger partial charge in [0.1, 0.15) is 17.4 Å². The Morgan fingerprint density at radius 2 is 2.29 bits per heavy atom. The first kappa shape index (κ1) is 9.12. The molecule has 0 N–H and O–H groups in total. The van der Waals surface area contributed by atoms with Gasteiger partial charge in [-0.3, -0.25) is 4.79 Å². The lowest BCUT2D eigenvalue weighted by Gasteiger charge is -2.38. The van der Waals surface area contributed by atoms with E-state index in [1.54, 1.807) is 13.0 Å². The van der Waals surface area contributed by atoms with Crippen LogP contribution in [0.1, 0.15) is 6.92 Å². The third-order valence-electron chi connectivity index (χ3n) is 2.49. The van der Waals surface area contributed by atoms with Crippen LogP contribution in [0, 0.1) is 11.7 Å². The third-order valence-corrected chi connectivity index (χ3v) is 2.49. The van der Waals surface area contributed by atoms with Gasteiger partial charge in [0.05, 0.1) is 12.1 Å². The van der Waals surface area contributed by atoms with E-state index in [4.69, 9.17) is 0 Å². The second kappa shape index (κ2) is 3.36. The molecule has 0 unspecified atom stereocenters. The summed E-state index contributed by atoms with van der Waals surface area (Å²) in [5, 5.41) is 0. The van der Waals surface area contributed by atoms with Crippen LogP contribution in [0.15, 0.2) is 18.3 Å². The molecule has 0 atom stereocenters. The number of pyridine rings is 1. The fourth-order valence-corrected chi connectivity index (χ4v) is 1.48. The lowest BCUT2D eigenvalue weighted by atomic mass is 9.96. The second-order valence-electron chi connectivity index (χ2n) is 3.55. The van der Waals surface area contributed by atoms with Crippen molar-refractivity contribution in [2.75, 3.05) is 18.0 Å². The average Bonchev–Trinajstić information content (AvgIpc) is 2.05. The van der Waals surface area contributed by atoms with Crippen LogP contribution >= 0.6 is 0 Å². The zero-order valence-corrected chi connectivity index (χ0v) is 7.90. The lowest BCUT2D eigenvalue weighted by Crippen LogP contribution is -2.50. The minimum atomic E-state index is -0.336. The summed E-state index contributed by atoms with van der Waals surface area (Å²) in [6, 6.07) is 3.01. The number of carbonyl (C=O) groups excluding carboxylic acids is 1. The summed E-state index contributed by atoms with van der Waals surface area (Å²) >= 11 is 0. The zero-order valence-electron chi connectivity index (χ0n) is 7.90. The normalized spacial score (nSPS) is 16.6. The monoisotopic (exact) mass is 194 g/mol. The number of hydrogen-bond acceptors (Lipinski definition) is 3. The highest BCUT2D eigenvalue weighted by molar-refractivity contribution is 5.81. The van der Waals surface area contributed by atoms with Crippen molar-refractivity contribution in [2.45, 2.75) is 6.92 Å². The Morgan fingerprint density at radius 3 is 2.79 bits per heavy atom. The molecule has 3 nitrogen and oxygen atoms in total. The molecule has 0 bridgehead atoms. The fourth-order valence-electron chi connectivity index (χ4n) is 1.48. The van der Waals surface area contributed by atoms with E-state index < -0.39 is 0 Å². The van der Waals surface area contributed by atoms with Crippen molar-refractivity contribution in [2.24, 2.45) is 5.92 Å². The van der Waals surface area contributed by atoms with Crippen LogP contribution < -0.4 is 4.90 Å². The van der Waals surface area contributed by atoms with Crippen molar-refractivity contribution in [3.8, 4) is 0 Å². The minimum absolute atomic E-state index is 0.127. The van der Waals surface area contributed by atoms with Crippen LogP contribution in [0.2, 0.25) is 0 Å². The molecule has 0 amide bonds. The van der Waals surface area contributed by atoms with E-state index in [9.17, 15) is 9.18 Å². The number of carbonyl (C=O) groups is 1. The summed E-state index contributed by atoms with van der Waals surface area (Å²) in [5.74, 6) is 0.742. The minimum Gasteiger partial charge on any atom is -0.355 e. The van der Waals surface area contributed by atoms with Gasteiger partial charge in [0, 0.05) is 13.1 Å². The SMILES string of the molecule is CC(=O)C1CN(c2ccc(F)cn2)C1. The van der Waals surface area contributed by atoms with E-state index in [0.29, 0.717) is 13.1 Å². The molecule has 1 aliphatic rings. The van der Waals surface area contributed by atoms with E-state index in [2.05, 4.69) is 4.98 Å². The van der Waals surface area contributed by atoms with Crippen molar-refractivity contribution in [3.63, 3.8) is 0 Å². The molecule has 1 fully saturated rings. The second-order valence-corrected chi connectivity index (χ2v) is 3.55. The predicted molar refractivity (Wildman–Crippen MR) is 50.6 cm³/mol. The smallest absolute Gasteiger partial charge is 0.141 e. The molecular formula is C10H11FN2O. The van der Waals surface area contributed by atoms with Gasteiger partial charge < -0.3 is 4.90 Å². The Kier molecular flexibility index (Phi) is 2.19. The summed E-state index contributed by atoms with van der Waals surface area (Å²) < 4.78 is 12.5. The number of halogens is 1.